The zero-order valence-electron chi connectivity index (χ0n) is 15.6. The van der Waals surface area contributed by atoms with Crippen LogP contribution in [0.15, 0.2) is 28.7 Å². The van der Waals surface area contributed by atoms with E-state index < -0.39 is 0 Å². The van der Waals surface area contributed by atoms with Crippen molar-refractivity contribution in [2.75, 3.05) is 45.3 Å². The number of hydrogen-bond acceptors (Lipinski definition) is 6. The maximum atomic E-state index is 5.41. The molecule has 8 heteroatoms. The van der Waals surface area contributed by atoms with Crippen molar-refractivity contribution in [3.63, 3.8) is 0 Å². The van der Waals surface area contributed by atoms with Crippen LogP contribution in [0.1, 0.15) is 16.3 Å². The fraction of sp³-hybridized carbons (Fsp3) is 0.500. The number of aromatic nitrogens is 2. The summed E-state index contributed by atoms with van der Waals surface area (Å²) in [4.78, 5) is 17.7. The second-order valence-corrected chi connectivity index (χ2v) is 7.30. The van der Waals surface area contributed by atoms with Gasteiger partial charge in [0, 0.05) is 45.3 Å². The predicted octanol–water partition coefficient (Wildman–Crippen LogP) is 1.89. The van der Waals surface area contributed by atoms with Crippen LogP contribution in [0.25, 0.3) is 0 Å². The average Bonchev–Trinajstić information content (AvgIpc) is 3.08. The molecule has 3 heterocycles. The van der Waals surface area contributed by atoms with Crippen molar-refractivity contribution in [3.05, 3.63) is 40.0 Å². The molecule has 7 nitrogen and oxygen atoms in total. The van der Waals surface area contributed by atoms with Crippen LogP contribution < -0.4 is 10.2 Å². The van der Waals surface area contributed by atoms with E-state index in [2.05, 4.69) is 41.5 Å². The molecule has 140 valence electrons. The van der Waals surface area contributed by atoms with Crippen molar-refractivity contribution in [2.45, 2.75) is 20.0 Å². The monoisotopic (exact) mass is 374 g/mol. The Hall–Kier alpha value is -2.19. The number of aliphatic imine (C=N–C) groups is 1. The van der Waals surface area contributed by atoms with E-state index in [1.165, 1.54) is 5.56 Å². The number of anilines is 1. The summed E-state index contributed by atoms with van der Waals surface area (Å²) < 4.78 is 5.41. The molecule has 1 aliphatic rings. The molecule has 0 spiro atoms. The Bertz CT molecular complexity index is 741. The third-order valence-electron chi connectivity index (χ3n) is 4.23. The summed E-state index contributed by atoms with van der Waals surface area (Å²) in [6.07, 6.45) is 1.87. The topological polar surface area (TPSA) is 65.9 Å². The van der Waals surface area contributed by atoms with E-state index in [1.54, 1.807) is 18.4 Å². The van der Waals surface area contributed by atoms with Crippen LogP contribution >= 0.6 is 11.3 Å². The van der Waals surface area contributed by atoms with Gasteiger partial charge in [0.1, 0.15) is 5.82 Å². The lowest BCUT2D eigenvalue weighted by Crippen LogP contribution is -2.38. The van der Waals surface area contributed by atoms with Gasteiger partial charge in [-0.25, -0.2) is 9.97 Å². The van der Waals surface area contributed by atoms with Gasteiger partial charge in [-0.2, -0.15) is 0 Å². The van der Waals surface area contributed by atoms with E-state index in [0.29, 0.717) is 6.54 Å². The number of nitrogens with one attached hydrogen (secondary N) is 1. The van der Waals surface area contributed by atoms with Crippen LogP contribution in [-0.2, 0) is 17.8 Å². The van der Waals surface area contributed by atoms with Gasteiger partial charge >= 0.3 is 0 Å². The number of guanidine groups is 1. The fourth-order valence-electron chi connectivity index (χ4n) is 2.90. The average molecular weight is 375 g/mol. The second kappa shape index (κ2) is 8.95. The Balaban J connectivity index is 1.58. The molecular formula is C18H26N6OS. The van der Waals surface area contributed by atoms with Crippen molar-refractivity contribution in [2.24, 2.45) is 4.99 Å². The first-order valence-corrected chi connectivity index (χ1v) is 9.64. The maximum absolute atomic E-state index is 5.41. The van der Waals surface area contributed by atoms with Crippen molar-refractivity contribution >= 4 is 23.1 Å². The highest BCUT2D eigenvalue weighted by atomic mass is 32.1. The fourth-order valence-corrected chi connectivity index (χ4v) is 3.50. The Morgan fingerprint density at radius 1 is 1.42 bits per heavy atom. The Morgan fingerprint density at radius 2 is 2.23 bits per heavy atom. The second-order valence-electron chi connectivity index (χ2n) is 6.24. The molecule has 2 aromatic heterocycles. The molecular weight excluding hydrogens is 348 g/mol. The van der Waals surface area contributed by atoms with E-state index in [-0.39, 0.29) is 0 Å². The molecule has 0 amide bonds. The lowest BCUT2D eigenvalue weighted by molar-refractivity contribution is 0.122. The number of pyridine rings is 1. The molecule has 3 rings (SSSR count). The van der Waals surface area contributed by atoms with Gasteiger partial charge in [0.2, 0.25) is 0 Å². The summed E-state index contributed by atoms with van der Waals surface area (Å²) in [5, 5.41) is 6.60. The first kappa shape index (κ1) is 18.6. The van der Waals surface area contributed by atoms with Gasteiger partial charge in [-0.05, 0) is 24.6 Å². The van der Waals surface area contributed by atoms with E-state index in [1.807, 2.05) is 26.2 Å². The van der Waals surface area contributed by atoms with Crippen LogP contribution in [0.4, 0.5) is 5.82 Å². The van der Waals surface area contributed by atoms with Crippen LogP contribution in [0, 0.1) is 6.92 Å². The van der Waals surface area contributed by atoms with Crippen LogP contribution in [0.2, 0.25) is 0 Å². The normalized spacial score (nSPS) is 15.2. The molecule has 2 aromatic rings. The Kier molecular flexibility index (Phi) is 6.40. The number of thiazole rings is 1. The molecule has 0 saturated carbocycles. The molecule has 0 unspecified atom stereocenters. The minimum atomic E-state index is 0.701. The van der Waals surface area contributed by atoms with E-state index in [4.69, 9.17) is 4.74 Å². The Morgan fingerprint density at radius 3 is 2.92 bits per heavy atom. The van der Waals surface area contributed by atoms with Gasteiger partial charge in [-0.1, -0.05) is 0 Å². The smallest absolute Gasteiger partial charge is 0.194 e. The zero-order valence-corrected chi connectivity index (χ0v) is 16.4. The number of nitrogens with zero attached hydrogens (tertiary/aromatic N) is 5. The molecule has 26 heavy (non-hydrogen) atoms. The first-order chi connectivity index (χ1) is 12.7. The Labute approximate surface area is 158 Å². The lowest BCUT2D eigenvalue weighted by Gasteiger charge is -2.28. The highest BCUT2D eigenvalue weighted by Crippen LogP contribution is 2.14. The summed E-state index contributed by atoms with van der Waals surface area (Å²) in [7, 11) is 3.83. The standard InChI is InChI=1S/C18H26N6OS/c1-14-22-16(13-26-14)12-23(3)18(19-2)21-11-15-4-5-20-17(10-15)24-6-8-25-9-7-24/h4-5,10,13H,6-9,11-12H2,1-3H3,(H,19,21). The summed E-state index contributed by atoms with van der Waals surface area (Å²) in [6, 6.07) is 4.17. The summed E-state index contributed by atoms with van der Waals surface area (Å²) >= 11 is 1.67. The highest BCUT2D eigenvalue weighted by Gasteiger charge is 2.13. The van der Waals surface area contributed by atoms with Gasteiger partial charge < -0.3 is 19.9 Å². The number of rotatable bonds is 5. The summed E-state index contributed by atoms with van der Waals surface area (Å²) in [5.41, 5.74) is 2.25. The molecule has 0 bridgehead atoms. The van der Waals surface area contributed by atoms with Gasteiger partial charge in [-0.3, -0.25) is 4.99 Å². The van der Waals surface area contributed by atoms with Crippen LogP contribution in [0.5, 0.6) is 0 Å². The maximum Gasteiger partial charge on any atom is 0.194 e. The molecule has 1 fully saturated rings. The molecule has 0 atom stereocenters. The number of hydrogen-bond donors (Lipinski definition) is 1. The SMILES string of the molecule is CN=C(NCc1ccnc(N2CCOCC2)c1)N(C)Cc1csc(C)n1. The van der Waals surface area contributed by atoms with Gasteiger partial charge in [0.15, 0.2) is 5.96 Å². The number of aryl methyl sites for hydroxylation is 1. The van der Waals surface area contributed by atoms with E-state index in [9.17, 15) is 0 Å². The highest BCUT2D eigenvalue weighted by molar-refractivity contribution is 7.09. The lowest BCUT2D eigenvalue weighted by atomic mass is 10.2. The van der Waals surface area contributed by atoms with Gasteiger partial charge in [0.25, 0.3) is 0 Å². The van der Waals surface area contributed by atoms with Crippen LogP contribution in [0.3, 0.4) is 0 Å². The van der Waals surface area contributed by atoms with E-state index >= 15 is 0 Å². The molecule has 1 saturated heterocycles. The minimum Gasteiger partial charge on any atom is -0.378 e. The quantitative estimate of drug-likeness (QED) is 0.637. The van der Waals surface area contributed by atoms with Crippen molar-refractivity contribution in [1.29, 1.82) is 0 Å². The summed E-state index contributed by atoms with van der Waals surface area (Å²) in [6.45, 7) is 6.77. The van der Waals surface area contributed by atoms with Gasteiger partial charge in [-0.15, -0.1) is 11.3 Å². The molecule has 0 aromatic carbocycles. The number of morpholine rings is 1. The van der Waals surface area contributed by atoms with Gasteiger partial charge in [0.05, 0.1) is 30.5 Å². The third-order valence-corrected chi connectivity index (χ3v) is 5.06. The van der Waals surface area contributed by atoms with Crippen LogP contribution in [-0.4, -0.2) is 61.2 Å². The minimum absolute atomic E-state index is 0.701. The van der Waals surface area contributed by atoms with Crippen molar-refractivity contribution in [1.82, 2.24) is 20.2 Å². The predicted molar refractivity (Wildman–Crippen MR) is 106 cm³/mol. The van der Waals surface area contributed by atoms with E-state index in [0.717, 1.165) is 55.3 Å². The molecule has 0 radical (unpaired) electrons. The largest absolute Gasteiger partial charge is 0.378 e. The number of ether oxygens (including phenoxy) is 1. The molecule has 1 N–H and O–H groups in total. The van der Waals surface area contributed by atoms with Crippen molar-refractivity contribution < 1.29 is 4.74 Å². The third kappa shape index (κ3) is 4.92. The molecule has 1 aliphatic heterocycles. The first-order valence-electron chi connectivity index (χ1n) is 8.76. The molecule has 0 aliphatic carbocycles. The zero-order chi connectivity index (χ0) is 18.4. The van der Waals surface area contributed by atoms with Crippen molar-refractivity contribution in [3.8, 4) is 0 Å². The summed E-state index contributed by atoms with van der Waals surface area (Å²) in [5.74, 6) is 1.86.